The summed E-state index contributed by atoms with van der Waals surface area (Å²) in [7, 11) is 1.82. The van der Waals surface area contributed by atoms with Crippen molar-refractivity contribution in [2.75, 3.05) is 5.75 Å². The summed E-state index contributed by atoms with van der Waals surface area (Å²) in [5.74, 6) is 0.695. The molecule has 1 aromatic carbocycles. The van der Waals surface area contributed by atoms with Crippen molar-refractivity contribution in [2.45, 2.75) is 5.16 Å². The molecule has 0 aliphatic heterocycles. The monoisotopic (exact) mass is 355 g/mol. The van der Waals surface area contributed by atoms with E-state index in [1.807, 2.05) is 19.2 Å². The first-order chi connectivity index (χ1) is 12.1. The van der Waals surface area contributed by atoms with Gasteiger partial charge in [-0.25, -0.2) is 0 Å². The summed E-state index contributed by atoms with van der Waals surface area (Å²) >= 11 is 1.26. The fourth-order valence-electron chi connectivity index (χ4n) is 2.17. The molecule has 0 saturated carbocycles. The van der Waals surface area contributed by atoms with Crippen molar-refractivity contribution in [3.05, 3.63) is 64.5 Å². The van der Waals surface area contributed by atoms with E-state index >= 15 is 0 Å². The van der Waals surface area contributed by atoms with E-state index in [9.17, 15) is 14.9 Å². The maximum atomic E-state index is 12.2. The molecule has 0 unspecified atom stereocenters. The van der Waals surface area contributed by atoms with E-state index in [1.165, 1.54) is 36.0 Å². The molecule has 0 aliphatic rings. The Morgan fingerprint density at radius 2 is 2.00 bits per heavy atom. The minimum Gasteiger partial charge on any atom is -0.305 e. The fraction of sp³-hybridized carbons (Fsp3) is 0.125. The van der Waals surface area contributed by atoms with Gasteiger partial charge < -0.3 is 4.57 Å². The van der Waals surface area contributed by atoms with Crippen molar-refractivity contribution in [3.63, 3.8) is 0 Å². The molecule has 126 valence electrons. The van der Waals surface area contributed by atoms with Gasteiger partial charge in [-0.1, -0.05) is 11.8 Å². The molecule has 8 nitrogen and oxygen atoms in total. The SMILES string of the molecule is Cn1c(SCC(=O)c2ccc([N+](=O)[O-])cc2)nnc1-c1cccnc1. The van der Waals surface area contributed by atoms with Crippen LogP contribution in [0.15, 0.2) is 53.9 Å². The van der Waals surface area contributed by atoms with E-state index in [-0.39, 0.29) is 17.2 Å². The zero-order chi connectivity index (χ0) is 17.8. The summed E-state index contributed by atoms with van der Waals surface area (Å²) in [5.41, 5.74) is 1.22. The molecule has 0 atom stereocenters. The number of nitro groups is 1. The molecular weight excluding hydrogens is 342 g/mol. The molecule has 0 aliphatic carbocycles. The van der Waals surface area contributed by atoms with Gasteiger partial charge in [-0.05, 0) is 24.3 Å². The molecule has 3 aromatic rings. The van der Waals surface area contributed by atoms with Crippen LogP contribution in [-0.2, 0) is 7.05 Å². The van der Waals surface area contributed by atoms with Crippen LogP contribution in [0.25, 0.3) is 11.4 Å². The molecule has 0 fully saturated rings. The number of benzene rings is 1. The second-order valence-electron chi connectivity index (χ2n) is 5.12. The van der Waals surface area contributed by atoms with Gasteiger partial charge in [0.1, 0.15) is 0 Å². The van der Waals surface area contributed by atoms with Crippen LogP contribution in [0.2, 0.25) is 0 Å². The molecule has 0 saturated heterocycles. The largest absolute Gasteiger partial charge is 0.305 e. The van der Waals surface area contributed by atoms with Crippen molar-refractivity contribution in [1.82, 2.24) is 19.7 Å². The number of hydrogen-bond acceptors (Lipinski definition) is 7. The van der Waals surface area contributed by atoms with Crippen LogP contribution in [0.3, 0.4) is 0 Å². The topological polar surface area (TPSA) is 104 Å². The quantitative estimate of drug-likeness (QED) is 0.290. The number of aromatic nitrogens is 4. The predicted octanol–water partition coefficient (Wildman–Crippen LogP) is 2.76. The molecule has 0 radical (unpaired) electrons. The van der Waals surface area contributed by atoms with Crippen molar-refractivity contribution < 1.29 is 9.72 Å². The first kappa shape index (κ1) is 16.8. The van der Waals surface area contributed by atoms with E-state index in [0.717, 1.165) is 5.56 Å². The summed E-state index contributed by atoms with van der Waals surface area (Å²) < 4.78 is 1.80. The Labute approximate surface area is 147 Å². The summed E-state index contributed by atoms with van der Waals surface area (Å²) in [5, 5.41) is 19.5. The van der Waals surface area contributed by atoms with Gasteiger partial charge in [0.25, 0.3) is 5.69 Å². The van der Waals surface area contributed by atoms with Crippen LogP contribution in [0.1, 0.15) is 10.4 Å². The van der Waals surface area contributed by atoms with Gasteiger partial charge in [0, 0.05) is 42.7 Å². The van der Waals surface area contributed by atoms with Crippen LogP contribution < -0.4 is 0 Å². The lowest BCUT2D eigenvalue weighted by Crippen LogP contribution is -2.04. The standard InChI is InChI=1S/C16H13N5O3S/c1-20-15(12-3-2-8-17-9-12)18-19-16(20)25-10-14(22)11-4-6-13(7-5-11)21(23)24/h2-9H,10H2,1H3. The van der Waals surface area contributed by atoms with Gasteiger partial charge in [-0.2, -0.15) is 0 Å². The number of nitrogens with zero attached hydrogens (tertiary/aromatic N) is 5. The Morgan fingerprint density at radius 3 is 2.64 bits per heavy atom. The van der Waals surface area contributed by atoms with Gasteiger partial charge in [0.05, 0.1) is 10.7 Å². The van der Waals surface area contributed by atoms with E-state index in [1.54, 1.807) is 17.0 Å². The Bertz CT molecular complexity index is 909. The van der Waals surface area contributed by atoms with Gasteiger partial charge in [0.15, 0.2) is 16.8 Å². The number of hydrogen-bond donors (Lipinski definition) is 0. The summed E-state index contributed by atoms with van der Waals surface area (Å²) in [6.07, 6.45) is 3.37. The maximum Gasteiger partial charge on any atom is 0.269 e. The number of Topliss-reactive ketones (excluding diaryl/α,β-unsaturated/α-hetero) is 1. The van der Waals surface area contributed by atoms with E-state index < -0.39 is 4.92 Å². The first-order valence-electron chi connectivity index (χ1n) is 7.26. The zero-order valence-corrected chi connectivity index (χ0v) is 14.0. The van der Waals surface area contributed by atoms with Gasteiger partial charge in [0.2, 0.25) is 0 Å². The molecule has 0 amide bonds. The number of non-ortho nitro benzene ring substituents is 1. The van der Waals surface area contributed by atoms with Gasteiger partial charge in [-0.3, -0.25) is 19.9 Å². The maximum absolute atomic E-state index is 12.2. The number of ketones is 1. The van der Waals surface area contributed by atoms with Crippen LogP contribution in [0.5, 0.6) is 0 Å². The van der Waals surface area contributed by atoms with Crippen molar-refractivity contribution in [2.24, 2.45) is 7.05 Å². The van der Waals surface area contributed by atoms with Crippen LogP contribution in [-0.4, -0.2) is 36.2 Å². The first-order valence-corrected chi connectivity index (χ1v) is 8.25. The number of carbonyl (C=O) groups excluding carboxylic acids is 1. The third kappa shape index (κ3) is 3.72. The third-order valence-electron chi connectivity index (χ3n) is 3.49. The molecule has 2 heterocycles. The molecule has 0 bridgehead atoms. The number of pyridine rings is 1. The molecule has 3 rings (SSSR count). The predicted molar refractivity (Wildman–Crippen MR) is 92.4 cm³/mol. The Morgan fingerprint density at radius 1 is 1.24 bits per heavy atom. The van der Waals surface area contributed by atoms with E-state index in [4.69, 9.17) is 0 Å². The summed E-state index contributed by atoms with van der Waals surface area (Å²) in [6, 6.07) is 9.25. The summed E-state index contributed by atoms with van der Waals surface area (Å²) in [4.78, 5) is 26.4. The lowest BCUT2D eigenvalue weighted by Gasteiger charge is -2.03. The van der Waals surface area contributed by atoms with Gasteiger partial charge in [-0.15, -0.1) is 10.2 Å². The van der Waals surface area contributed by atoms with E-state index in [0.29, 0.717) is 16.5 Å². The molecule has 0 N–H and O–H groups in total. The lowest BCUT2D eigenvalue weighted by atomic mass is 10.1. The normalized spacial score (nSPS) is 10.6. The number of rotatable bonds is 6. The Balaban J connectivity index is 1.68. The molecule has 2 aromatic heterocycles. The highest BCUT2D eigenvalue weighted by Gasteiger charge is 2.14. The van der Waals surface area contributed by atoms with Crippen LogP contribution >= 0.6 is 11.8 Å². The average molecular weight is 355 g/mol. The third-order valence-corrected chi connectivity index (χ3v) is 4.51. The van der Waals surface area contributed by atoms with Crippen molar-refractivity contribution in [1.29, 1.82) is 0 Å². The highest BCUT2D eigenvalue weighted by atomic mass is 32.2. The lowest BCUT2D eigenvalue weighted by molar-refractivity contribution is -0.384. The highest BCUT2D eigenvalue weighted by molar-refractivity contribution is 7.99. The van der Waals surface area contributed by atoms with Crippen molar-refractivity contribution >= 4 is 23.2 Å². The smallest absolute Gasteiger partial charge is 0.269 e. The number of thioether (sulfide) groups is 1. The molecule has 25 heavy (non-hydrogen) atoms. The van der Waals surface area contributed by atoms with Crippen LogP contribution in [0.4, 0.5) is 5.69 Å². The van der Waals surface area contributed by atoms with Crippen LogP contribution in [0, 0.1) is 10.1 Å². The van der Waals surface area contributed by atoms with Crippen molar-refractivity contribution in [3.8, 4) is 11.4 Å². The summed E-state index contributed by atoms with van der Waals surface area (Å²) in [6.45, 7) is 0. The molecule has 0 spiro atoms. The fourth-order valence-corrected chi connectivity index (χ4v) is 2.98. The second-order valence-corrected chi connectivity index (χ2v) is 6.07. The number of carbonyl (C=O) groups is 1. The Kier molecular flexibility index (Phi) is 4.85. The zero-order valence-electron chi connectivity index (χ0n) is 13.2. The minimum absolute atomic E-state index is 0.0429. The average Bonchev–Trinajstić information content (AvgIpc) is 3.01. The molecule has 9 heteroatoms. The minimum atomic E-state index is -0.497. The second kappa shape index (κ2) is 7.22. The van der Waals surface area contributed by atoms with Gasteiger partial charge >= 0.3 is 0 Å². The van der Waals surface area contributed by atoms with E-state index in [2.05, 4.69) is 15.2 Å². The highest BCUT2D eigenvalue weighted by Crippen LogP contribution is 2.23. The number of nitro benzene ring substituents is 1. The Hall–Kier alpha value is -3.07. The molecular formula is C16H13N5O3S.